The minimum Gasteiger partial charge on any atom is -0.345 e. The molecule has 1 aliphatic rings. The Morgan fingerprint density at radius 1 is 0.950 bits per heavy atom. The Bertz CT molecular complexity index is 1820. The van der Waals surface area contributed by atoms with Gasteiger partial charge in [-0.1, -0.05) is 65.4 Å². The topological polar surface area (TPSA) is 95.8 Å². The van der Waals surface area contributed by atoms with Crippen LogP contribution in [-0.4, -0.2) is 61.3 Å². The van der Waals surface area contributed by atoms with Crippen molar-refractivity contribution in [3.8, 4) is 0 Å². The molecule has 1 fully saturated rings. The van der Waals surface area contributed by atoms with Crippen molar-refractivity contribution in [3.05, 3.63) is 112 Å². The summed E-state index contributed by atoms with van der Waals surface area (Å²) in [7, 11) is 0. The number of hydrogen-bond donors (Lipinski definition) is 1. The minimum absolute atomic E-state index is 0.121. The van der Waals surface area contributed by atoms with Crippen molar-refractivity contribution in [1.29, 1.82) is 0 Å². The highest BCUT2D eigenvalue weighted by molar-refractivity contribution is 7.22. The van der Waals surface area contributed by atoms with Crippen LogP contribution in [0.3, 0.4) is 0 Å². The molecule has 0 amide bonds. The van der Waals surface area contributed by atoms with E-state index in [0.29, 0.717) is 17.9 Å². The lowest BCUT2D eigenvalue weighted by Crippen LogP contribution is -2.49. The quantitative estimate of drug-likeness (QED) is 0.330. The Kier molecular flexibility index (Phi) is 6.33. The third kappa shape index (κ3) is 4.65. The maximum atomic E-state index is 13.6. The number of aryl methyl sites for hydroxylation is 1. The molecule has 200 valence electrons. The third-order valence-corrected chi connectivity index (χ3v) is 8.63. The van der Waals surface area contributed by atoms with Gasteiger partial charge in [0.2, 0.25) is 0 Å². The van der Waals surface area contributed by atoms with E-state index in [1.807, 2.05) is 47.1 Å². The van der Waals surface area contributed by atoms with Gasteiger partial charge in [-0.15, -0.1) is 5.10 Å². The van der Waals surface area contributed by atoms with Crippen LogP contribution < -0.4 is 10.5 Å². The molecule has 6 aromatic rings. The predicted molar refractivity (Wildman–Crippen MR) is 158 cm³/mol. The van der Waals surface area contributed by atoms with Crippen molar-refractivity contribution in [1.82, 2.24) is 35.1 Å². The molecule has 0 saturated carbocycles. The zero-order valence-electron chi connectivity index (χ0n) is 22.1. The van der Waals surface area contributed by atoms with Crippen molar-refractivity contribution >= 4 is 37.6 Å². The maximum absolute atomic E-state index is 13.6. The summed E-state index contributed by atoms with van der Waals surface area (Å²) in [5.74, 6) is 0.662. The summed E-state index contributed by atoms with van der Waals surface area (Å²) in [6.07, 6.45) is 0. The number of rotatable bonds is 6. The molecule has 1 atom stereocenters. The number of fused-ring (bicyclic) bond motifs is 2. The molecule has 1 N–H and O–H groups in total. The highest BCUT2D eigenvalue weighted by atomic mass is 32.1. The minimum atomic E-state index is -0.398. The van der Waals surface area contributed by atoms with Crippen LogP contribution in [0.1, 0.15) is 28.6 Å². The Morgan fingerprint density at radius 2 is 1.75 bits per heavy atom. The lowest BCUT2D eigenvalue weighted by atomic mass is 10.0. The molecule has 0 aliphatic carbocycles. The number of nitrogens with one attached hydrogen (secondary N) is 1. The number of H-pyrrole nitrogens is 1. The van der Waals surface area contributed by atoms with Crippen molar-refractivity contribution in [2.24, 2.45) is 0 Å². The van der Waals surface area contributed by atoms with E-state index in [2.05, 4.69) is 73.6 Å². The van der Waals surface area contributed by atoms with Gasteiger partial charge in [-0.2, -0.15) is 0 Å². The van der Waals surface area contributed by atoms with Gasteiger partial charge in [0.1, 0.15) is 6.04 Å². The largest absolute Gasteiger partial charge is 0.345 e. The molecule has 0 radical (unpaired) electrons. The van der Waals surface area contributed by atoms with E-state index in [1.54, 1.807) is 11.3 Å². The van der Waals surface area contributed by atoms with Gasteiger partial charge in [0.25, 0.3) is 5.56 Å². The monoisotopic (exact) mass is 548 g/mol. The molecule has 0 spiro atoms. The number of hydrogen-bond acceptors (Lipinski definition) is 8. The number of pyridine rings is 1. The van der Waals surface area contributed by atoms with Gasteiger partial charge in [0.05, 0.1) is 16.8 Å². The van der Waals surface area contributed by atoms with Crippen LogP contribution >= 0.6 is 11.3 Å². The fourth-order valence-corrected chi connectivity index (χ4v) is 6.51. The summed E-state index contributed by atoms with van der Waals surface area (Å²) >= 11 is 1.72. The fourth-order valence-electron chi connectivity index (χ4n) is 5.49. The van der Waals surface area contributed by atoms with Gasteiger partial charge in [0, 0.05) is 37.3 Å². The molecular weight excluding hydrogens is 520 g/mol. The first-order chi connectivity index (χ1) is 19.6. The van der Waals surface area contributed by atoms with E-state index in [-0.39, 0.29) is 5.56 Å². The smallest absolute Gasteiger partial charge is 0.253 e. The van der Waals surface area contributed by atoms with Crippen molar-refractivity contribution in [2.45, 2.75) is 19.5 Å². The zero-order valence-corrected chi connectivity index (χ0v) is 22.9. The van der Waals surface area contributed by atoms with Crippen molar-refractivity contribution < 1.29 is 0 Å². The molecule has 1 saturated heterocycles. The Labute approximate surface area is 234 Å². The number of anilines is 1. The number of aromatic amines is 1. The van der Waals surface area contributed by atoms with E-state index < -0.39 is 6.04 Å². The molecule has 3 aromatic heterocycles. The van der Waals surface area contributed by atoms with E-state index in [1.165, 1.54) is 4.70 Å². The van der Waals surface area contributed by atoms with Crippen LogP contribution in [0.4, 0.5) is 5.13 Å². The van der Waals surface area contributed by atoms with Crippen LogP contribution in [0.15, 0.2) is 83.7 Å². The van der Waals surface area contributed by atoms with Crippen LogP contribution in [0.25, 0.3) is 21.1 Å². The number of tetrazole rings is 1. The van der Waals surface area contributed by atoms with E-state index >= 15 is 0 Å². The normalized spacial score (nSPS) is 15.2. The average Bonchev–Trinajstić information content (AvgIpc) is 3.62. The number of aromatic nitrogens is 6. The second-order valence-corrected chi connectivity index (χ2v) is 11.2. The van der Waals surface area contributed by atoms with Crippen LogP contribution in [0.2, 0.25) is 0 Å². The molecule has 4 heterocycles. The van der Waals surface area contributed by atoms with E-state index in [9.17, 15) is 4.79 Å². The molecule has 7 rings (SSSR count). The number of nitrogens with zero attached hydrogens (tertiary/aromatic N) is 7. The second-order valence-electron chi connectivity index (χ2n) is 10.2. The lowest BCUT2D eigenvalue weighted by Gasteiger charge is -2.38. The van der Waals surface area contributed by atoms with Crippen LogP contribution in [0, 0.1) is 6.92 Å². The predicted octanol–water partition coefficient (Wildman–Crippen LogP) is 4.39. The van der Waals surface area contributed by atoms with Crippen molar-refractivity contribution in [2.75, 3.05) is 31.1 Å². The molecule has 9 nitrogen and oxygen atoms in total. The Balaban J connectivity index is 1.25. The van der Waals surface area contributed by atoms with Crippen LogP contribution in [0.5, 0.6) is 0 Å². The molecule has 40 heavy (non-hydrogen) atoms. The molecule has 10 heteroatoms. The first-order valence-corrected chi connectivity index (χ1v) is 14.2. The average molecular weight is 549 g/mol. The molecular formula is C30H28N8OS. The summed E-state index contributed by atoms with van der Waals surface area (Å²) in [5, 5.41) is 14.9. The SMILES string of the molecule is Cc1ccc2[nH]c(=O)c(C(c3nnnn3Cc3ccccc3)N3CCN(c4nc5ccccc5s4)CC3)cc2c1. The summed E-state index contributed by atoms with van der Waals surface area (Å²) in [4.78, 5) is 26.2. The van der Waals surface area contributed by atoms with Gasteiger partial charge < -0.3 is 9.88 Å². The summed E-state index contributed by atoms with van der Waals surface area (Å²) < 4.78 is 3.01. The van der Waals surface area contributed by atoms with Gasteiger partial charge >= 0.3 is 0 Å². The summed E-state index contributed by atoms with van der Waals surface area (Å²) in [6.45, 7) is 5.65. The summed E-state index contributed by atoms with van der Waals surface area (Å²) in [5.41, 5.74) is 4.61. The first-order valence-electron chi connectivity index (χ1n) is 13.4. The first kappa shape index (κ1) is 24.6. The fraction of sp³-hybridized carbons (Fsp3) is 0.233. The van der Waals surface area contributed by atoms with E-state index in [0.717, 1.165) is 58.9 Å². The third-order valence-electron chi connectivity index (χ3n) is 7.53. The van der Waals surface area contributed by atoms with Gasteiger partial charge in [0.15, 0.2) is 11.0 Å². The lowest BCUT2D eigenvalue weighted by molar-refractivity contribution is 0.200. The highest BCUT2D eigenvalue weighted by Crippen LogP contribution is 2.32. The number of benzene rings is 3. The molecule has 3 aromatic carbocycles. The second kappa shape index (κ2) is 10.3. The number of piperazine rings is 1. The molecule has 1 aliphatic heterocycles. The molecule has 1 unspecified atom stereocenters. The van der Waals surface area contributed by atoms with Crippen molar-refractivity contribution in [3.63, 3.8) is 0 Å². The standard InChI is InChI=1S/C30H28N8OS/c1-20-11-12-24-22(17-20)18-23(29(39)31-24)27(28-33-34-35-38(28)19-21-7-3-2-4-8-21)36-13-15-37(16-14-36)30-32-25-9-5-6-10-26(25)40-30/h2-12,17-18,27H,13-16,19H2,1H3,(H,31,39). The Hall–Kier alpha value is -4.41. The maximum Gasteiger partial charge on any atom is 0.253 e. The zero-order chi connectivity index (χ0) is 27.1. The van der Waals surface area contributed by atoms with Crippen LogP contribution in [-0.2, 0) is 6.54 Å². The number of thiazole rings is 1. The number of para-hydroxylation sites is 1. The van der Waals surface area contributed by atoms with Gasteiger partial charge in [-0.25, -0.2) is 9.67 Å². The molecule has 0 bridgehead atoms. The highest BCUT2D eigenvalue weighted by Gasteiger charge is 2.33. The van der Waals surface area contributed by atoms with Gasteiger partial charge in [-0.05, 0) is 58.6 Å². The summed E-state index contributed by atoms with van der Waals surface area (Å²) in [6, 6.07) is 26.1. The van der Waals surface area contributed by atoms with E-state index in [4.69, 9.17) is 4.98 Å². The van der Waals surface area contributed by atoms with Gasteiger partial charge in [-0.3, -0.25) is 9.69 Å². The Morgan fingerprint density at radius 3 is 2.58 bits per heavy atom.